The number of aryl methyl sites for hydroxylation is 3. The molecule has 0 bridgehead atoms. The van der Waals surface area contributed by atoms with E-state index in [9.17, 15) is 0 Å². The summed E-state index contributed by atoms with van der Waals surface area (Å²) in [7, 11) is 1.71. The summed E-state index contributed by atoms with van der Waals surface area (Å²) < 4.78 is 5.26. The molecule has 3 heteroatoms. The number of methoxy groups -OCH3 is 1. The first kappa shape index (κ1) is 9.85. The van der Waals surface area contributed by atoms with Crippen LogP contribution in [0.3, 0.4) is 0 Å². The smallest absolute Gasteiger partial charge is 0.119 e. The molecule has 16 heavy (non-hydrogen) atoms. The fraction of sp³-hybridized carbons (Fsp3) is 0.308. The molecule has 0 atom stereocenters. The van der Waals surface area contributed by atoms with E-state index < -0.39 is 0 Å². The number of nitrogens with zero attached hydrogens (tertiary/aromatic N) is 1. The predicted molar refractivity (Wildman–Crippen MR) is 66.2 cm³/mol. The number of rotatable bonds is 1. The monoisotopic (exact) mass is 231 g/mol. The maximum absolute atomic E-state index is 5.26. The average molecular weight is 231 g/mol. The first-order chi connectivity index (χ1) is 7.78. The average Bonchev–Trinajstić information content (AvgIpc) is 2.69. The molecule has 1 heterocycles. The van der Waals surface area contributed by atoms with E-state index in [0.29, 0.717) is 0 Å². The largest absolute Gasteiger partial charge is 0.497 e. The second-order valence-electron chi connectivity index (χ2n) is 4.03. The van der Waals surface area contributed by atoms with Gasteiger partial charge in [-0.1, -0.05) is 0 Å². The minimum absolute atomic E-state index is 0.939. The van der Waals surface area contributed by atoms with Crippen molar-refractivity contribution in [3.05, 3.63) is 33.6 Å². The first-order valence-corrected chi connectivity index (χ1v) is 6.23. The Hall–Kier alpha value is -1.35. The van der Waals surface area contributed by atoms with Gasteiger partial charge in [-0.15, -0.1) is 11.3 Å². The fourth-order valence-electron chi connectivity index (χ4n) is 2.23. The molecular formula is C13H13NOS. The maximum atomic E-state index is 5.26. The van der Waals surface area contributed by atoms with Gasteiger partial charge in [0, 0.05) is 10.4 Å². The van der Waals surface area contributed by atoms with Crippen molar-refractivity contribution < 1.29 is 4.74 Å². The van der Waals surface area contributed by atoms with Crippen LogP contribution in [0.4, 0.5) is 0 Å². The lowest BCUT2D eigenvalue weighted by atomic mass is 9.93. The first-order valence-electron chi connectivity index (χ1n) is 5.41. The molecule has 2 aromatic rings. The summed E-state index contributed by atoms with van der Waals surface area (Å²) in [6, 6.07) is 6.28. The van der Waals surface area contributed by atoms with Gasteiger partial charge in [-0.25, -0.2) is 4.98 Å². The van der Waals surface area contributed by atoms with Gasteiger partial charge >= 0.3 is 0 Å². The number of benzene rings is 1. The summed E-state index contributed by atoms with van der Waals surface area (Å²) in [6.07, 6.45) is 2.21. The molecule has 0 radical (unpaired) electrons. The van der Waals surface area contributed by atoms with E-state index in [0.717, 1.165) is 23.6 Å². The molecule has 1 aromatic heterocycles. The van der Waals surface area contributed by atoms with Crippen LogP contribution >= 0.6 is 11.3 Å². The van der Waals surface area contributed by atoms with Crippen molar-refractivity contribution in [2.24, 2.45) is 0 Å². The number of hydrogen-bond donors (Lipinski definition) is 0. The molecule has 0 N–H and O–H groups in total. The highest BCUT2D eigenvalue weighted by Crippen LogP contribution is 2.37. The summed E-state index contributed by atoms with van der Waals surface area (Å²) in [5, 5.41) is 1.16. The third kappa shape index (κ3) is 1.43. The van der Waals surface area contributed by atoms with Crippen LogP contribution in [0.5, 0.6) is 5.75 Å². The second kappa shape index (κ2) is 3.59. The quantitative estimate of drug-likeness (QED) is 0.751. The lowest BCUT2D eigenvalue weighted by Gasteiger charge is -2.15. The molecule has 0 spiro atoms. The van der Waals surface area contributed by atoms with Gasteiger partial charge in [0.15, 0.2) is 0 Å². The zero-order valence-electron chi connectivity index (χ0n) is 9.41. The van der Waals surface area contributed by atoms with Crippen LogP contribution < -0.4 is 4.74 Å². The normalized spacial score (nSPS) is 13.1. The van der Waals surface area contributed by atoms with Gasteiger partial charge in [0.25, 0.3) is 0 Å². The molecule has 3 rings (SSSR count). The van der Waals surface area contributed by atoms with Crippen LogP contribution in [0, 0.1) is 6.92 Å². The molecule has 0 unspecified atom stereocenters. The van der Waals surface area contributed by atoms with Gasteiger partial charge in [-0.2, -0.15) is 0 Å². The van der Waals surface area contributed by atoms with Gasteiger partial charge in [0.05, 0.1) is 17.8 Å². The van der Waals surface area contributed by atoms with Crippen molar-refractivity contribution in [3.63, 3.8) is 0 Å². The Morgan fingerprint density at radius 2 is 2.19 bits per heavy atom. The lowest BCUT2D eigenvalue weighted by molar-refractivity contribution is 0.414. The van der Waals surface area contributed by atoms with E-state index in [1.54, 1.807) is 7.11 Å². The Balaban J connectivity index is 2.17. The van der Waals surface area contributed by atoms with Crippen molar-refractivity contribution in [1.29, 1.82) is 0 Å². The minimum Gasteiger partial charge on any atom is -0.497 e. The van der Waals surface area contributed by atoms with E-state index in [4.69, 9.17) is 4.74 Å². The van der Waals surface area contributed by atoms with Crippen LogP contribution in [0.2, 0.25) is 0 Å². The summed E-state index contributed by atoms with van der Waals surface area (Å²) in [4.78, 5) is 6.05. The van der Waals surface area contributed by atoms with Crippen molar-refractivity contribution in [2.75, 3.05) is 7.11 Å². The van der Waals surface area contributed by atoms with E-state index in [1.165, 1.54) is 21.7 Å². The zero-order chi connectivity index (χ0) is 11.1. The molecule has 0 aliphatic heterocycles. The molecule has 0 saturated heterocycles. The molecule has 2 nitrogen and oxygen atoms in total. The van der Waals surface area contributed by atoms with Crippen LogP contribution in [0.1, 0.15) is 15.4 Å². The molecule has 82 valence electrons. The Bertz CT molecular complexity index is 545. The van der Waals surface area contributed by atoms with E-state index in [1.807, 2.05) is 17.4 Å². The summed E-state index contributed by atoms with van der Waals surface area (Å²) in [5.74, 6) is 0.939. The molecule has 1 aliphatic carbocycles. The van der Waals surface area contributed by atoms with Gasteiger partial charge in [0.2, 0.25) is 0 Å². The highest BCUT2D eigenvalue weighted by Gasteiger charge is 2.19. The predicted octanol–water partition coefficient (Wildman–Crippen LogP) is 3.23. The molecule has 0 fully saturated rings. The third-order valence-corrected chi connectivity index (χ3v) is 4.02. The van der Waals surface area contributed by atoms with Crippen LogP contribution in [0.15, 0.2) is 18.2 Å². The molecular weight excluding hydrogens is 218 g/mol. The highest BCUT2D eigenvalue weighted by molar-refractivity contribution is 7.12. The molecule has 1 aromatic carbocycles. The standard InChI is InChI=1S/C13H13NOS/c1-8-14-13-11-5-4-10(15-2)7-9(11)3-6-12(13)16-8/h4-5,7H,3,6H2,1-2H3. The summed E-state index contributed by atoms with van der Waals surface area (Å²) in [6.45, 7) is 2.08. The topological polar surface area (TPSA) is 22.1 Å². The number of fused-ring (bicyclic) bond motifs is 3. The Labute approximate surface area is 98.9 Å². The Kier molecular flexibility index (Phi) is 2.21. The van der Waals surface area contributed by atoms with E-state index >= 15 is 0 Å². The highest BCUT2D eigenvalue weighted by atomic mass is 32.1. The zero-order valence-corrected chi connectivity index (χ0v) is 10.2. The summed E-state index contributed by atoms with van der Waals surface area (Å²) >= 11 is 1.82. The summed E-state index contributed by atoms with van der Waals surface area (Å²) in [5.41, 5.74) is 3.83. The van der Waals surface area contributed by atoms with Gasteiger partial charge < -0.3 is 4.74 Å². The van der Waals surface area contributed by atoms with Crippen LogP contribution in [0.25, 0.3) is 11.3 Å². The van der Waals surface area contributed by atoms with Crippen molar-refractivity contribution in [3.8, 4) is 17.0 Å². The molecule has 0 saturated carbocycles. The van der Waals surface area contributed by atoms with Crippen molar-refractivity contribution in [2.45, 2.75) is 19.8 Å². The van der Waals surface area contributed by atoms with E-state index in [2.05, 4.69) is 24.0 Å². The van der Waals surface area contributed by atoms with Crippen LogP contribution in [-0.2, 0) is 12.8 Å². The maximum Gasteiger partial charge on any atom is 0.119 e. The Morgan fingerprint density at radius 1 is 1.31 bits per heavy atom. The van der Waals surface area contributed by atoms with Crippen molar-refractivity contribution in [1.82, 2.24) is 4.98 Å². The number of thiazole rings is 1. The number of ether oxygens (including phenoxy) is 1. The van der Waals surface area contributed by atoms with E-state index in [-0.39, 0.29) is 0 Å². The van der Waals surface area contributed by atoms with Crippen LogP contribution in [-0.4, -0.2) is 12.1 Å². The van der Waals surface area contributed by atoms with Crippen molar-refractivity contribution >= 4 is 11.3 Å². The Morgan fingerprint density at radius 3 is 3.00 bits per heavy atom. The van der Waals surface area contributed by atoms with Gasteiger partial charge in [0.1, 0.15) is 5.75 Å². The minimum atomic E-state index is 0.939. The van der Waals surface area contributed by atoms with Gasteiger partial charge in [-0.3, -0.25) is 0 Å². The SMILES string of the molecule is COc1ccc2c(c1)CCc1sc(C)nc1-2. The lowest BCUT2D eigenvalue weighted by Crippen LogP contribution is -2.02. The fourth-order valence-corrected chi connectivity index (χ4v) is 3.18. The number of hydrogen-bond acceptors (Lipinski definition) is 3. The number of aromatic nitrogens is 1. The second-order valence-corrected chi connectivity index (χ2v) is 5.32. The third-order valence-electron chi connectivity index (χ3n) is 2.99. The molecule has 1 aliphatic rings. The van der Waals surface area contributed by atoms with Gasteiger partial charge in [-0.05, 0) is 43.5 Å². The molecule has 0 amide bonds.